The van der Waals surface area contributed by atoms with Crippen LogP contribution in [0.1, 0.15) is 0 Å². The molecule has 47 heavy (non-hydrogen) atoms. The van der Waals surface area contributed by atoms with Crippen LogP contribution < -0.4 is 4.74 Å². The van der Waals surface area contributed by atoms with Crippen LogP contribution in [0.5, 0.6) is 11.5 Å². The maximum Gasteiger partial charge on any atom is 0.135 e. The van der Waals surface area contributed by atoms with E-state index in [0.717, 1.165) is 17.1 Å². The van der Waals surface area contributed by atoms with E-state index < -0.39 is 0 Å². The summed E-state index contributed by atoms with van der Waals surface area (Å²) in [6, 6.07) is 61.6. The Bertz CT molecular complexity index is 2640. The van der Waals surface area contributed by atoms with Crippen molar-refractivity contribution in [1.29, 1.82) is 0 Å². The van der Waals surface area contributed by atoms with Gasteiger partial charge in [-0.15, -0.1) is 0 Å². The van der Waals surface area contributed by atoms with Crippen LogP contribution in [0.15, 0.2) is 170 Å². The van der Waals surface area contributed by atoms with Crippen LogP contribution in [-0.4, -0.2) is 0 Å². The second-order valence-corrected chi connectivity index (χ2v) is 12.4. The summed E-state index contributed by atoms with van der Waals surface area (Å²) in [5.41, 5.74) is 9.75. The van der Waals surface area contributed by atoms with Crippen LogP contribution in [0.2, 0.25) is 0 Å². The highest BCUT2D eigenvalue weighted by Gasteiger charge is 2.23. The first kappa shape index (κ1) is 26.1. The lowest BCUT2D eigenvalue weighted by Gasteiger charge is -2.23. The van der Waals surface area contributed by atoms with E-state index in [4.69, 9.17) is 4.74 Å². The summed E-state index contributed by atoms with van der Waals surface area (Å²) in [6.45, 7) is 0. The second kappa shape index (κ2) is 10.2. The van der Waals surface area contributed by atoms with Crippen LogP contribution >= 0.6 is 0 Å². The predicted octanol–water partition coefficient (Wildman–Crippen LogP) is 13.1. The molecule has 1 aliphatic heterocycles. The second-order valence-electron chi connectivity index (χ2n) is 12.4. The largest absolute Gasteiger partial charge is 0.456 e. The Kier molecular flexibility index (Phi) is 5.64. The first-order chi connectivity index (χ1) is 23.3. The Morgan fingerprint density at radius 2 is 0.894 bits per heavy atom. The van der Waals surface area contributed by atoms with Crippen molar-refractivity contribution in [3.63, 3.8) is 0 Å². The van der Waals surface area contributed by atoms with E-state index >= 15 is 0 Å². The first-order valence-electron chi connectivity index (χ1n) is 16.2. The number of hydrogen-bond acceptors (Lipinski definition) is 1. The van der Waals surface area contributed by atoms with Crippen molar-refractivity contribution >= 4 is 43.1 Å². The summed E-state index contributed by atoms with van der Waals surface area (Å²) in [5.74, 6) is 1.82. The summed E-state index contributed by atoms with van der Waals surface area (Å²) in [4.78, 5) is 0. The minimum atomic E-state index is 0.898. The highest BCUT2D eigenvalue weighted by Crippen LogP contribution is 2.50. The molecule has 0 unspecified atom stereocenters. The van der Waals surface area contributed by atoms with Gasteiger partial charge in [0, 0.05) is 10.9 Å². The Hall–Kier alpha value is -6.18. The molecule has 0 amide bonds. The summed E-state index contributed by atoms with van der Waals surface area (Å²) in [7, 11) is 0. The van der Waals surface area contributed by atoms with Crippen molar-refractivity contribution < 1.29 is 4.74 Å². The van der Waals surface area contributed by atoms with Gasteiger partial charge in [-0.05, 0) is 107 Å². The third-order valence-corrected chi connectivity index (χ3v) is 9.81. The highest BCUT2D eigenvalue weighted by atomic mass is 16.5. The Labute approximate surface area is 272 Å². The molecule has 1 heterocycles. The molecule has 0 spiro atoms. The van der Waals surface area contributed by atoms with Gasteiger partial charge < -0.3 is 4.74 Å². The van der Waals surface area contributed by atoms with Gasteiger partial charge in [-0.2, -0.15) is 0 Å². The quantitative estimate of drug-likeness (QED) is 0.184. The van der Waals surface area contributed by atoms with Crippen molar-refractivity contribution in [2.75, 3.05) is 0 Å². The van der Waals surface area contributed by atoms with Crippen LogP contribution in [-0.2, 0) is 0 Å². The number of benzene rings is 9. The van der Waals surface area contributed by atoms with E-state index in [1.165, 1.54) is 82.0 Å². The average molecular weight is 597 g/mol. The van der Waals surface area contributed by atoms with Gasteiger partial charge in [0.1, 0.15) is 11.5 Å². The molecule has 10 rings (SSSR count). The topological polar surface area (TPSA) is 9.23 Å². The third kappa shape index (κ3) is 3.97. The molecule has 0 bridgehead atoms. The van der Waals surface area contributed by atoms with E-state index in [9.17, 15) is 0 Å². The Morgan fingerprint density at radius 1 is 0.298 bits per heavy atom. The van der Waals surface area contributed by atoms with Gasteiger partial charge in [0.2, 0.25) is 0 Å². The molecule has 1 nitrogen and oxygen atoms in total. The molecule has 0 N–H and O–H groups in total. The molecular weight excluding hydrogens is 569 g/mol. The smallest absolute Gasteiger partial charge is 0.135 e. The zero-order chi connectivity index (χ0) is 30.9. The Balaban J connectivity index is 1.28. The third-order valence-electron chi connectivity index (χ3n) is 9.81. The number of hydrogen-bond donors (Lipinski definition) is 0. The number of fused-ring (bicyclic) bond motifs is 5. The first-order valence-corrected chi connectivity index (χ1v) is 16.2. The summed E-state index contributed by atoms with van der Waals surface area (Å²) in [6.07, 6.45) is 0. The van der Waals surface area contributed by atoms with Crippen LogP contribution in [0.25, 0.3) is 87.6 Å². The minimum Gasteiger partial charge on any atom is -0.456 e. The van der Waals surface area contributed by atoms with E-state index in [1.54, 1.807) is 0 Å². The van der Waals surface area contributed by atoms with Gasteiger partial charge in [-0.25, -0.2) is 0 Å². The fraction of sp³-hybridized carbons (Fsp3) is 0. The molecule has 9 aromatic carbocycles. The van der Waals surface area contributed by atoms with Gasteiger partial charge in [-0.3, -0.25) is 0 Å². The van der Waals surface area contributed by atoms with E-state index in [-0.39, 0.29) is 0 Å². The lowest BCUT2D eigenvalue weighted by Crippen LogP contribution is -1.98. The number of ether oxygens (including phenoxy) is 1. The van der Waals surface area contributed by atoms with Gasteiger partial charge in [0.25, 0.3) is 0 Å². The molecule has 0 fully saturated rings. The molecule has 0 aromatic heterocycles. The molecule has 1 heteroatoms. The van der Waals surface area contributed by atoms with E-state index in [1.807, 2.05) is 0 Å². The van der Waals surface area contributed by atoms with Crippen LogP contribution in [0.3, 0.4) is 0 Å². The molecule has 0 radical (unpaired) electrons. The lowest BCUT2D eigenvalue weighted by molar-refractivity contribution is 0.487. The summed E-state index contributed by atoms with van der Waals surface area (Å²) < 4.78 is 6.48. The fourth-order valence-corrected chi connectivity index (χ4v) is 7.76. The summed E-state index contributed by atoms with van der Waals surface area (Å²) in [5, 5.41) is 9.85. The molecule has 0 atom stereocenters. The molecule has 1 aliphatic rings. The monoisotopic (exact) mass is 596 g/mol. The fourth-order valence-electron chi connectivity index (χ4n) is 7.76. The van der Waals surface area contributed by atoms with Crippen LogP contribution in [0, 0.1) is 0 Å². The highest BCUT2D eigenvalue weighted by molar-refractivity contribution is 6.24. The zero-order valence-corrected chi connectivity index (χ0v) is 25.6. The Morgan fingerprint density at radius 3 is 1.64 bits per heavy atom. The van der Waals surface area contributed by atoms with Gasteiger partial charge in [-0.1, -0.05) is 140 Å². The van der Waals surface area contributed by atoms with Gasteiger partial charge in [0.05, 0.1) is 0 Å². The van der Waals surface area contributed by atoms with Crippen molar-refractivity contribution in [1.82, 2.24) is 0 Å². The molecule has 218 valence electrons. The average Bonchev–Trinajstić information content (AvgIpc) is 3.14. The molecule has 0 saturated carbocycles. The minimum absolute atomic E-state index is 0.898. The normalized spacial score (nSPS) is 12.0. The number of rotatable bonds is 3. The van der Waals surface area contributed by atoms with E-state index in [2.05, 4.69) is 170 Å². The van der Waals surface area contributed by atoms with Gasteiger partial charge in [0.15, 0.2) is 0 Å². The lowest BCUT2D eigenvalue weighted by atomic mass is 9.83. The van der Waals surface area contributed by atoms with Crippen molar-refractivity contribution in [3.05, 3.63) is 170 Å². The standard InChI is InChI=1S/C46H28O/c1-2-12-29(13-3-1)33-26-31-14-4-5-17-34(31)41(28-33)46-37-20-8-6-18-35(37)44(36-19-7-9-21-38(36)46)32-24-25-42-40(27-32)39-22-10-15-30-16-11-23-43(47-42)45(30)39/h1-28H. The van der Waals surface area contributed by atoms with Crippen molar-refractivity contribution in [2.45, 2.75) is 0 Å². The summed E-state index contributed by atoms with van der Waals surface area (Å²) >= 11 is 0. The molecule has 0 aliphatic carbocycles. The maximum atomic E-state index is 6.48. The predicted molar refractivity (Wildman–Crippen MR) is 198 cm³/mol. The molecule has 9 aromatic rings. The molecular formula is C46H28O. The van der Waals surface area contributed by atoms with E-state index in [0.29, 0.717) is 0 Å². The molecule has 0 saturated heterocycles. The van der Waals surface area contributed by atoms with Gasteiger partial charge >= 0.3 is 0 Å². The van der Waals surface area contributed by atoms with Crippen LogP contribution in [0.4, 0.5) is 0 Å². The SMILES string of the molecule is c1ccc(-c2cc(-c3c4ccccc4c(-c4ccc5c(c4)-c4cccc6cccc(c46)O5)c4ccccc34)c3ccccc3c2)cc1. The zero-order valence-electron chi connectivity index (χ0n) is 25.6. The van der Waals surface area contributed by atoms with Crippen molar-refractivity contribution in [2.24, 2.45) is 0 Å². The van der Waals surface area contributed by atoms with Crippen molar-refractivity contribution in [3.8, 4) is 56.0 Å². The maximum absolute atomic E-state index is 6.48.